The van der Waals surface area contributed by atoms with E-state index in [0.717, 1.165) is 5.56 Å². The molecule has 20 heavy (non-hydrogen) atoms. The maximum Gasteiger partial charge on any atom is 0.306 e. The van der Waals surface area contributed by atoms with Gasteiger partial charge in [-0.05, 0) is 25.5 Å². The van der Waals surface area contributed by atoms with Crippen LogP contribution >= 0.6 is 0 Å². The minimum atomic E-state index is -0.973. The molecule has 0 bridgehead atoms. The zero-order valence-corrected chi connectivity index (χ0v) is 11.9. The summed E-state index contributed by atoms with van der Waals surface area (Å²) in [7, 11) is 1.66. The van der Waals surface area contributed by atoms with Crippen molar-refractivity contribution in [2.24, 2.45) is 5.92 Å². The van der Waals surface area contributed by atoms with Crippen LogP contribution in [0, 0.1) is 12.8 Å². The number of anilines is 1. The molecule has 0 saturated heterocycles. The Kier molecular flexibility index (Phi) is 4.09. The van der Waals surface area contributed by atoms with E-state index < -0.39 is 18.0 Å². The number of esters is 1. The first-order chi connectivity index (χ1) is 9.45. The lowest BCUT2D eigenvalue weighted by Gasteiger charge is -2.35. The van der Waals surface area contributed by atoms with Gasteiger partial charge < -0.3 is 14.7 Å². The van der Waals surface area contributed by atoms with E-state index in [0.29, 0.717) is 11.3 Å². The number of ether oxygens (including phenoxy) is 1. The van der Waals surface area contributed by atoms with E-state index in [1.165, 1.54) is 4.90 Å². The van der Waals surface area contributed by atoms with Gasteiger partial charge in [-0.15, -0.1) is 0 Å². The molecule has 1 aliphatic rings. The van der Waals surface area contributed by atoms with Gasteiger partial charge in [0.1, 0.15) is 0 Å². The molecular weight excluding hydrogens is 258 g/mol. The molecule has 0 radical (unpaired) electrons. The fraction of sp³-hybridized carbons (Fsp3) is 0.467. The minimum absolute atomic E-state index is 0.106. The van der Waals surface area contributed by atoms with E-state index in [1.54, 1.807) is 20.0 Å². The summed E-state index contributed by atoms with van der Waals surface area (Å²) in [5.41, 5.74) is 2.38. The van der Waals surface area contributed by atoms with Gasteiger partial charge in [-0.3, -0.25) is 9.59 Å². The van der Waals surface area contributed by atoms with E-state index in [-0.39, 0.29) is 18.9 Å². The number of aliphatic hydroxyl groups is 1. The number of benzene rings is 1. The van der Waals surface area contributed by atoms with Crippen LogP contribution in [0.5, 0.6) is 0 Å². The van der Waals surface area contributed by atoms with Crippen molar-refractivity contribution in [1.82, 2.24) is 0 Å². The van der Waals surface area contributed by atoms with Crippen molar-refractivity contribution in [3.63, 3.8) is 0 Å². The maximum absolute atomic E-state index is 12.3. The Morgan fingerprint density at radius 1 is 1.45 bits per heavy atom. The van der Waals surface area contributed by atoms with Crippen LogP contribution in [0.3, 0.4) is 0 Å². The SMILES string of the molecule is CCOC(=O)CC1C(=O)N(C)c2cc(C)ccc2C1O. The highest BCUT2D eigenvalue weighted by Gasteiger charge is 2.39. The molecule has 1 heterocycles. The van der Waals surface area contributed by atoms with Crippen molar-refractivity contribution >= 4 is 17.6 Å². The molecule has 1 aliphatic heterocycles. The number of rotatable bonds is 3. The molecule has 5 nitrogen and oxygen atoms in total. The summed E-state index contributed by atoms with van der Waals surface area (Å²) >= 11 is 0. The largest absolute Gasteiger partial charge is 0.466 e. The number of hydrogen-bond donors (Lipinski definition) is 1. The van der Waals surface area contributed by atoms with Crippen LogP contribution in [0.15, 0.2) is 18.2 Å². The molecule has 2 unspecified atom stereocenters. The zero-order chi connectivity index (χ0) is 14.9. The monoisotopic (exact) mass is 277 g/mol. The third-order valence-corrected chi connectivity index (χ3v) is 3.59. The maximum atomic E-state index is 12.3. The second kappa shape index (κ2) is 5.63. The third kappa shape index (κ3) is 2.54. The lowest BCUT2D eigenvalue weighted by atomic mass is 9.86. The van der Waals surface area contributed by atoms with Gasteiger partial charge in [-0.1, -0.05) is 12.1 Å². The summed E-state index contributed by atoms with van der Waals surface area (Å²) in [6, 6.07) is 5.54. The molecule has 2 atom stereocenters. The van der Waals surface area contributed by atoms with Gasteiger partial charge in [-0.25, -0.2) is 0 Å². The van der Waals surface area contributed by atoms with Crippen molar-refractivity contribution in [3.05, 3.63) is 29.3 Å². The molecule has 2 rings (SSSR count). The Morgan fingerprint density at radius 2 is 2.15 bits per heavy atom. The van der Waals surface area contributed by atoms with Crippen molar-refractivity contribution in [1.29, 1.82) is 0 Å². The van der Waals surface area contributed by atoms with Crippen molar-refractivity contribution in [2.45, 2.75) is 26.4 Å². The third-order valence-electron chi connectivity index (χ3n) is 3.59. The number of carbonyl (C=O) groups is 2. The molecule has 0 aliphatic carbocycles. The number of fused-ring (bicyclic) bond motifs is 1. The van der Waals surface area contributed by atoms with Crippen molar-refractivity contribution in [2.75, 3.05) is 18.6 Å². The fourth-order valence-electron chi connectivity index (χ4n) is 2.51. The Morgan fingerprint density at radius 3 is 2.80 bits per heavy atom. The van der Waals surface area contributed by atoms with E-state index in [2.05, 4.69) is 0 Å². The molecule has 1 N–H and O–H groups in total. The number of carbonyl (C=O) groups excluding carboxylic acids is 2. The number of nitrogens with zero attached hydrogens (tertiary/aromatic N) is 1. The van der Waals surface area contributed by atoms with Gasteiger partial charge in [0.15, 0.2) is 0 Å². The minimum Gasteiger partial charge on any atom is -0.466 e. The van der Waals surface area contributed by atoms with Crippen LogP contribution in [0.4, 0.5) is 5.69 Å². The van der Waals surface area contributed by atoms with Crippen LogP contribution in [0.25, 0.3) is 0 Å². The zero-order valence-electron chi connectivity index (χ0n) is 11.9. The lowest BCUT2D eigenvalue weighted by molar-refractivity contribution is -0.148. The smallest absolute Gasteiger partial charge is 0.306 e. The van der Waals surface area contributed by atoms with E-state index in [1.807, 2.05) is 19.1 Å². The number of hydrogen-bond acceptors (Lipinski definition) is 4. The van der Waals surface area contributed by atoms with Gasteiger partial charge in [0, 0.05) is 18.3 Å². The summed E-state index contributed by atoms with van der Waals surface area (Å²) in [6.07, 6.45) is -1.08. The molecule has 5 heteroatoms. The van der Waals surface area contributed by atoms with Gasteiger partial charge in [0.2, 0.25) is 5.91 Å². The summed E-state index contributed by atoms with van der Waals surface area (Å²) in [4.78, 5) is 25.4. The summed E-state index contributed by atoms with van der Waals surface area (Å²) < 4.78 is 4.86. The average molecular weight is 277 g/mol. The van der Waals surface area contributed by atoms with Crippen LogP contribution < -0.4 is 4.90 Å². The van der Waals surface area contributed by atoms with Crippen LogP contribution in [-0.2, 0) is 14.3 Å². The first-order valence-electron chi connectivity index (χ1n) is 6.67. The van der Waals surface area contributed by atoms with Crippen molar-refractivity contribution < 1.29 is 19.4 Å². The van der Waals surface area contributed by atoms with E-state index in [4.69, 9.17) is 4.74 Å². The molecule has 0 aromatic heterocycles. The second-order valence-corrected chi connectivity index (χ2v) is 5.02. The van der Waals surface area contributed by atoms with E-state index in [9.17, 15) is 14.7 Å². The predicted octanol–water partition coefficient (Wildman–Crippen LogP) is 1.57. The number of aliphatic hydroxyl groups excluding tert-OH is 1. The second-order valence-electron chi connectivity index (χ2n) is 5.02. The molecule has 0 fully saturated rings. The molecule has 0 saturated carbocycles. The highest BCUT2D eigenvalue weighted by molar-refractivity contribution is 5.99. The molecule has 1 aromatic rings. The fourth-order valence-corrected chi connectivity index (χ4v) is 2.51. The molecular formula is C15H19NO4. The molecule has 1 aromatic carbocycles. The molecule has 0 spiro atoms. The summed E-state index contributed by atoms with van der Waals surface area (Å²) in [5.74, 6) is -1.51. The molecule has 108 valence electrons. The Bertz CT molecular complexity index is 541. The topological polar surface area (TPSA) is 66.8 Å². The van der Waals surface area contributed by atoms with Crippen molar-refractivity contribution in [3.8, 4) is 0 Å². The first kappa shape index (κ1) is 14.5. The Labute approximate surface area is 118 Å². The molecule has 1 amide bonds. The van der Waals surface area contributed by atoms with Gasteiger partial charge in [-0.2, -0.15) is 0 Å². The van der Waals surface area contributed by atoms with E-state index >= 15 is 0 Å². The van der Waals surface area contributed by atoms with Gasteiger partial charge in [0.05, 0.1) is 25.0 Å². The standard InChI is InChI=1S/C15H19NO4/c1-4-20-13(17)8-11-14(18)10-6-5-9(2)7-12(10)16(3)15(11)19/h5-7,11,14,18H,4,8H2,1-3H3. The summed E-state index contributed by atoms with van der Waals surface area (Å²) in [6.45, 7) is 3.90. The number of aryl methyl sites for hydroxylation is 1. The normalized spacial score (nSPS) is 21.6. The summed E-state index contributed by atoms with van der Waals surface area (Å²) in [5, 5.41) is 10.4. The first-order valence-corrected chi connectivity index (χ1v) is 6.67. The lowest BCUT2D eigenvalue weighted by Crippen LogP contribution is -2.42. The Balaban J connectivity index is 2.32. The predicted molar refractivity (Wildman–Crippen MR) is 74.3 cm³/mol. The highest BCUT2D eigenvalue weighted by atomic mass is 16.5. The van der Waals surface area contributed by atoms with Crippen LogP contribution in [-0.4, -0.2) is 30.6 Å². The van der Waals surface area contributed by atoms with Crippen LogP contribution in [0.2, 0.25) is 0 Å². The average Bonchev–Trinajstić information content (AvgIpc) is 2.41. The Hall–Kier alpha value is -1.88. The number of amides is 1. The highest BCUT2D eigenvalue weighted by Crippen LogP contribution is 2.39. The van der Waals surface area contributed by atoms with Crippen LogP contribution in [0.1, 0.15) is 30.6 Å². The van der Waals surface area contributed by atoms with Gasteiger partial charge in [0.25, 0.3) is 0 Å². The van der Waals surface area contributed by atoms with Gasteiger partial charge >= 0.3 is 5.97 Å². The quantitative estimate of drug-likeness (QED) is 0.852.